The van der Waals surface area contributed by atoms with Gasteiger partial charge in [-0.15, -0.1) is 5.26 Å². The predicted octanol–water partition coefficient (Wildman–Crippen LogP) is 3.40. The molecule has 0 saturated heterocycles. The zero-order chi connectivity index (χ0) is 13.0. The number of phenols is 1. The molecule has 0 bridgehead atoms. The number of phenolic OH excluding ortho intramolecular Hbond substituents is 1. The molecule has 0 aliphatic carbocycles. The molecule has 1 unspecified atom stereocenters. The quantitative estimate of drug-likeness (QED) is 0.835. The number of rotatable bonds is 3. The van der Waals surface area contributed by atoms with E-state index in [-0.39, 0.29) is 11.7 Å². The van der Waals surface area contributed by atoms with Gasteiger partial charge in [0.1, 0.15) is 11.5 Å². The van der Waals surface area contributed by atoms with Crippen LogP contribution in [0, 0.1) is 11.5 Å². The van der Waals surface area contributed by atoms with Crippen LogP contribution in [0.15, 0.2) is 48.5 Å². The van der Waals surface area contributed by atoms with E-state index in [0.717, 1.165) is 11.1 Å². The Morgan fingerprint density at radius 2 is 1.50 bits per heavy atom. The van der Waals surface area contributed by atoms with E-state index in [1.54, 1.807) is 30.5 Å². The second kappa shape index (κ2) is 5.24. The topological polar surface area (TPSA) is 53.2 Å². The third kappa shape index (κ3) is 2.61. The van der Waals surface area contributed by atoms with E-state index in [1.807, 2.05) is 24.3 Å². The van der Waals surface area contributed by atoms with Crippen molar-refractivity contribution in [1.82, 2.24) is 0 Å². The molecular weight excluding hydrogens is 226 g/mol. The maximum absolute atomic E-state index is 9.26. The van der Waals surface area contributed by atoms with Gasteiger partial charge in [-0.25, -0.2) is 0 Å². The van der Waals surface area contributed by atoms with Crippen molar-refractivity contribution in [2.24, 2.45) is 0 Å². The average Bonchev–Trinajstić information content (AvgIpc) is 2.40. The summed E-state index contributed by atoms with van der Waals surface area (Å²) in [4.78, 5) is 0. The normalized spacial score (nSPS) is 11.6. The van der Waals surface area contributed by atoms with Gasteiger partial charge in [-0.2, -0.15) is 0 Å². The van der Waals surface area contributed by atoms with E-state index in [1.165, 1.54) is 0 Å². The summed E-state index contributed by atoms with van der Waals surface area (Å²) in [5.41, 5.74) is 2.26. The fraction of sp³-hybridized carbons (Fsp3) is 0.133. The van der Waals surface area contributed by atoms with Crippen LogP contribution in [0.2, 0.25) is 0 Å². The Bertz CT molecular complexity index is 553. The Labute approximate surface area is 106 Å². The summed E-state index contributed by atoms with van der Waals surface area (Å²) in [6.45, 7) is 2.09. The van der Waals surface area contributed by atoms with Crippen LogP contribution in [-0.4, -0.2) is 5.11 Å². The number of nitriles is 1. The molecule has 0 amide bonds. The highest BCUT2D eigenvalue weighted by molar-refractivity contribution is 5.37. The molecule has 0 spiro atoms. The molecule has 1 N–H and O–H groups in total. The van der Waals surface area contributed by atoms with E-state index in [9.17, 15) is 5.11 Å². The lowest BCUT2D eigenvalue weighted by Gasteiger charge is -2.12. The highest BCUT2D eigenvalue weighted by Crippen LogP contribution is 2.26. The Kier molecular flexibility index (Phi) is 3.49. The summed E-state index contributed by atoms with van der Waals surface area (Å²) in [7, 11) is 0. The third-order valence-corrected chi connectivity index (χ3v) is 2.94. The molecule has 3 nitrogen and oxygen atoms in total. The van der Waals surface area contributed by atoms with Crippen LogP contribution in [0.25, 0.3) is 0 Å². The highest BCUT2D eigenvalue weighted by Gasteiger charge is 2.08. The van der Waals surface area contributed by atoms with E-state index in [4.69, 9.17) is 10.00 Å². The van der Waals surface area contributed by atoms with Crippen molar-refractivity contribution < 1.29 is 9.84 Å². The molecule has 1 atom stereocenters. The summed E-state index contributed by atoms with van der Waals surface area (Å²) in [5, 5.41) is 17.7. The molecule has 0 heterocycles. The number of hydrogen-bond donors (Lipinski definition) is 1. The molecule has 0 radical (unpaired) electrons. The summed E-state index contributed by atoms with van der Waals surface area (Å²) >= 11 is 0. The zero-order valence-electron chi connectivity index (χ0n) is 10.00. The van der Waals surface area contributed by atoms with E-state index in [2.05, 4.69) is 6.92 Å². The van der Waals surface area contributed by atoms with Gasteiger partial charge in [0, 0.05) is 5.92 Å². The van der Waals surface area contributed by atoms with Crippen LogP contribution in [0.3, 0.4) is 0 Å². The number of nitrogens with zero attached hydrogens (tertiary/aromatic N) is 1. The fourth-order valence-corrected chi connectivity index (χ4v) is 1.83. The van der Waals surface area contributed by atoms with Crippen molar-refractivity contribution in [2.45, 2.75) is 12.8 Å². The summed E-state index contributed by atoms with van der Waals surface area (Å²) in [6, 6.07) is 14.6. The Balaban J connectivity index is 2.20. The number of hydrogen-bond acceptors (Lipinski definition) is 3. The van der Waals surface area contributed by atoms with Crippen LogP contribution in [-0.2, 0) is 0 Å². The largest absolute Gasteiger partial charge is 0.508 e. The van der Waals surface area contributed by atoms with Crippen molar-refractivity contribution in [3.8, 4) is 17.8 Å². The minimum atomic E-state index is 0.224. The third-order valence-electron chi connectivity index (χ3n) is 2.94. The maximum Gasteiger partial charge on any atom is 0.292 e. The van der Waals surface area contributed by atoms with Crippen LogP contribution < -0.4 is 4.74 Å². The van der Waals surface area contributed by atoms with Crippen molar-refractivity contribution in [2.75, 3.05) is 0 Å². The number of aromatic hydroxyl groups is 1. The van der Waals surface area contributed by atoms with Crippen LogP contribution in [0.4, 0.5) is 0 Å². The second-order valence-electron chi connectivity index (χ2n) is 4.08. The van der Waals surface area contributed by atoms with Gasteiger partial charge in [0.2, 0.25) is 0 Å². The van der Waals surface area contributed by atoms with Crippen molar-refractivity contribution >= 4 is 0 Å². The Hall–Kier alpha value is -2.47. The Morgan fingerprint density at radius 3 is 2.00 bits per heavy atom. The highest BCUT2D eigenvalue weighted by atomic mass is 16.5. The predicted molar refractivity (Wildman–Crippen MR) is 68.3 cm³/mol. The van der Waals surface area contributed by atoms with Gasteiger partial charge in [0.15, 0.2) is 0 Å². The first-order valence-corrected chi connectivity index (χ1v) is 5.65. The molecule has 3 heteroatoms. The van der Waals surface area contributed by atoms with Gasteiger partial charge in [-0.1, -0.05) is 31.2 Å². The van der Waals surface area contributed by atoms with Crippen molar-refractivity contribution in [1.29, 1.82) is 5.26 Å². The zero-order valence-corrected chi connectivity index (χ0v) is 10.00. The smallest absolute Gasteiger partial charge is 0.292 e. The lowest BCUT2D eigenvalue weighted by atomic mass is 9.93. The van der Waals surface area contributed by atoms with Gasteiger partial charge >= 0.3 is 0 Å². The van der Waals surface area contributed by atoms with Crippen molar-refractivity contribution in [3.63, 3.8) is 0 Å². The number of ether oxygens (including phenoxy) is 1. The van der Waals surface area contributed by atoms with Gasteiger partial charge in [-0.05, 0) is 35.4 Å². The first-order chi connectivity index (χ1) is 8.70. The van der Waals surface area contributed by atoms with E-state index >= 15 is 0 Å². The summed E-state index contributed by atoms with van der Waals surface area (Å²) in [6.07, 6.45) is 1.64. The first kappa shape index (κ1) is 12.0. The molecule has 0 aromatic heterocycles. The lowest BCUT2D eigenvalue weighted by Crippen LogP contribution is -1.95. The first-order valence-electron chi connectivity index (χ1n) is 5.65. The molecule has 0 aliphatic rings. The molecule has 2 aromatic carbocycles. The SMILES string of the molecule is CC(c1ccc(O)cc1)c1ccc(OC#N)cc1. The fourth-order valence-electron chi connectivity index (χ4n) is 1.83. The lowest BCUT2D eigenvalue weighted by molar-refractivity contribution is 0.475. The van der Waals surface area contributed by atoms with Crippen LogP contribution in [0.5, 0.6) is 11.5 Å². The average molecular weight is 239 g/mol. The van der Waals surface area contributed by atoms with E-state index < -0.39 is 0 Å². The van der Waals surface area contributed by atoms with Crippen LogP contribution >= 0.6 is 0 Å². The second-order valence-corrected chi connectivity index (χ2v) is 4.08. The van der Waals surface area contributed by atoms with Gasteiger partial charge in [0.25, 0.3) is 6.26 Å². The maximum atomic E-state index is 9.26. The van der Waals surface area contributed by atoms with Crippen LogP contribution in [0.1, 0.15) is 24.0 Å². The Morgan fingerprint density at radius 1 is 1.00 bits per heavy atom. The molecule has 0 fully saturated rings. The van der Waals surface area contributed by atoms with Gasteiger partial charge in [0.05, 0.1) is 0 Å². The molecule has 90 valence electrons. The van der Waals surface area contributed by atoms with Gasteiger partial charge in [-0.3, -0.25) is 0 Å². The molecule has 2 aromatic rings. The number of benzene rings is 2. The van der Waals surface area contributed by atoms with E-state index in [0.29, 0.717) is 5.75 Å². The minimum Gasteiger partial charge on any atom is -0.508 e. The standard InChI is InChI=1S/C15H13NO2/c1-11(12-2-6-14(17)7-3-12)13-4-8-15(9-5-13)18-10-16/h2-9,11,17H,1H3. The van der Waals surface area contributed by atoms with Crippen molar-refractivity contribution in [3.05, 3.63) is 59.7 Å². The monoisotopic (exact) mass is 239 g/mol. The molecule has 18 heavy (non-hydrogen) atoms. The minimum absolute atomic E-state index is 0.224. The molecular formula is C15H13NO2. The molecule has 0 aliphatic heterocycles. The summed E-state index contributed by atoms with van der Waals surface area (Å²) in [5.74, 6) is 1.03. The molecule has 2 rings (SSSR count). The van der Waals surface area contributed by atoms with Gasteiger partial charge < -0.3 is 9.84 Å². The summed E-state index contributed by atoms with van der Waals surface area (Å²) < 4.78 is 4.73. The molecule has 0 saturated carbocycles.